The van der Waals surface area contributed by atoms with Gasteiger partial charge in [-0.15, -0.1) is 12.4 Å². The Morgan fingerprint density at radius 2 is 1.68 bits per heavy atom. The number of hydrogen-bond acceptors (Lipinski definition) is 2. The summed E-state index contributed by atoms with van der Waals surface area (Å²) in [5, 5.41) is 3.44. The molecule has 0 fully saturated rings. The van der Waals surface area contributed by atoms with Gasteiger partial charge >= 0.3 is 0 Å². The molecule has 0 amide bonds. The first kappa shape index (κ1) is 13.9. The first-order valence-corrected chi connectivity index (χ1v) is 6.44. The molecule has 1 N–H and O–H groups in total. The van der Waals surface area contributed by atoms with Crippen LogP contribution in [0.3, 0.4) is 0 Å². The van der Waals surface area contributed by atoms with Crippen LogP contribution in [0.2, 0.25) is 0 Å². The van der Waals surface area contributed by atoms with Gasteiger partial charge in [-0.05, 0) is 36.2 Å². The molecular formula is C16H18ClNO. The molecule has 2 nitrogen and oxygen atoms in total. The van der Waals surface area contributed by atoms with Crippen molar-refractivity contribution < 1.29 is 4.74 Å². The van der Waals surface area contributed by atoms with Crippen molar-refractivity contribution in [3.8, 4) is 5.75 Å². The van der Waals surface area contributed by atoms with E-state index in [1.807, 2.05) is 30.3 Å². The van der Waals surface area contributed by atoms with Crippen LogP contribution in [0, 0.1) is 0 Å². The fourth-order valence-electron chi connectivity index (χ4n) is 2.41. The van der Waals surface area contributed by atoms with E-state index in [1.165, 1.54) is 11.1 Å². The summed E-state index contributed by atoms with van der Waals surface area (Å²) in [7, 11) is 0. The Hall–Kier alpha value is -1.51. The summed E-state index contributed by atoms with van der Waals surface area (Å²) in [5.41, 5.74) is 2.70. The molecule has 0 radical (unpaired) electrons. The topological polar surface area (TPSA) is 21.3 Å². The SMILES string of the molecule is Cl.c1ccc(OC2CNCCc3ccccc32)cc1. The third-order valence-electron chi connectivity index (χ3n) is 3.32. The Balaban J connectivity index is 0.00000133. The lowest BCUT2D eigenvalue weighted by Gasteiger charge is -2.19. The van der Waals surface area contributed by atoms with E-state index in [2.05, 4.69) is 29.6 Å². The Kier molecular flexibility index (Phi) is 4.83. The highest BCUT2D eigenvalue weighted by atomic mass is 35.5. The average Bonchev–Trinajstić information content (AvgIpc) is 2.63. The zero-order valence-electron chi connectivity index (χ0n) is 10.7. The molecule has 1 heterocycles. The zero-order valence-corrected chi connectivity index (χ0v) is 11.5. The van der Waals surface area contributed by atoms with Gasteiger partial charge in [0.15, 0.2) is 0 Å². The maximum absolute atomic E-state index is 6.10. The van der Waals surface area contributed by atoms with Gasteiger partial charge in [-0.2, -0.15) is 0 Å². The minimum atomic E-state index is 0. The second-order valence-electron chi connectivity index (χ2n) is 4.57. The van der Waals surface area contributed by atoms with Gasteiger partial charge in [0, 0.05) is 6.54 Å². The van der Waals surface area contributed by atoms with Crippen LogP contribution in [0.4, 0.5) is 0 Å². The first-order chi connectivity index (χ1) is 8.93. The van der Waals surface area contributed by atoms with Crippen LogP contribution in [0.15, 0.2) is 54.6 Å². The predicted molar refractivity (Wildman–Crippen MR) is 80.1 cm³/mol. The molecule has 2 aromatic carbocycles. The molecule has 1 aliphatic heterocycles. The highest BCUT2D eigenvalue weighted by Gasteiger charge is 2.19. The normalized spacial score (nSPS) is 17.8. The molecule has 3 heteroatoms. The molecule has 0 aromatic heterocycles. The number of halogens is 1. The Labute approximate surface area is 120 Å². The maximum atomic E-state index is 6.10. The number of para-hydroxylation sites is 1. The summed E-state index contributed by atoms with van der Waals surface area (Å²) in [6, 6.07) is 18.6. The number of fused-ring (bicyclic) bond motifs is 1. The second-order valence-corrected chi connectivity index (χ2v) is 4.57. The molecule has 0 bridgehead atoms. The summed E-state index contributed by atoms with van der Waals surface area (Å²) in [6.45, 7) is 1.89. The van der Waals surface area contributed by atoms with Gasteiger partial charge in [0.1, 0.15) is 11.9 Å². The van der Waals surface area contributed by atoms with Gasteiger partial charge in [-0.25, -0.2) is 0 Å². The van der Waals surface area contributed by atoms with Gasteiger partial charge in [-0.3, -0.25) is 0 Å². The first-order valence-electron chi connectivity index (χ1n) is 6.44. The van der Waals surface area contributed by atoms with E-state index in [9.17, 15) is 0 Å². The molecule has 100 valence electrons. The van der Waals surface area contributed by atoms with Gasteiger partial charge in [0.05, 0.1) is 0 Å². The maximum Gasteiger partial charge on any atom is 0.136 e. The number of ether oxygens (including phenoxy) is 1. The fourth-order valence-corrected chi connectivity index (χ4v) is 2.41. The van der Waals surface area contributed by atoms with Crippen LogP contribution in [0.25, 0.3) is 0 Å². The minimum absolute atomic E-state index is 0. The van der Waals surface area contributed by atoms with Gasteiger partial charge < -0.3 is 10.1 Å². The number of hydrogen-bond donors (Lipinski definition) is 1. The van der Waals surface area contributed by atoms with Crippen molar-refractivity contribution >= 4 is 12.4 Å². The molecule has 0 saturated heterocycles. The smallest absolute Gasteiger partial charge is 0.136 e. The lowest BCUT2D eigenvalue weighted by atomic mass is 10.0. The van der Waals surface area contributed by atoms with Gasteiger partial charge in [-0.1, -0.05) is 42.5 Å². The van der Waals surface area contributed by atoms with E-state index in [1.54, 1.807) is 0 Å². The van der Waals surface area contributed by atoms with Crippen LogP contribution in [0.1, 0.15) is 17.2 Å². The minimum Gasteiger partial charge on any atom is -0.484 e. The quantitative estimate of drug-likeness (QED) is 0.907. The number of nitrogens with one attached hydrogen (secondary N) is 1. The molecule has 1 aliphatic rings. The lowest BCUT2D eigenvalue weighted by molar-refractivity contribution is 0.205. The number of benzene rings is 2. The number of rotatable bonds is 2. The van der Waals surface area contributed by atoms with E-state index in [-0.39, 0.29) is 18.5 Å². The van der Waals surface area contributed by atoms with Crippen molar-refractivity contribution in [1.29, 1.82) is 0 Å². The monoisotopic (exact) mass is 275 g/mol. The van der Waals surface area contributed by atoms with Crippen molar-refractivity contribution in [1.82, 2.24) is 5.32 Å². The van der Waals surface area contributed by atoms with Gasteiger partial charge in [0.2, 0.25) is 0 Å². The van der Waals surface area contributed by atoms with E-state index < -0.39 is 0 Å². The predicted octanol–water partition coefficient (Wildman–Crippen LogP) is 3.37. The van der Waals surface area contributed by atoms with Crippen LogP contribution in [-0.2, 0) is 6.42 Å². The van der Waals surface area contributed by atoms with Crippen molar-refractivity contribution in [2.24, 2.45) is 0 Å². The van der Waals surface area contributed by atoms with Crippen LogP contribution < -0.4 is 10.1 Å². The Morgan fingerprint density at radius 1 is 0.947 bits per heavy atom. The highest BCUT2D eigenvalue weighted by Crippen LogP contribution is 2.25. The van der Waals surface area contributed by atoms with Crippen molar-refractivity contribution in [3.05, 3.63) is 65.7 Å². The summed E-state index contributed by atoms with van der Waals surface area (Å²) in [6.07, 6.45) is 1.18. The zero-order chi connectivity index (χ0) is 12.2. The van der Waals surface area contributed by atoms with E-state index >= 15 is 0 Å². The van der Waals surface area contributed by atoms with Crippen molar-refractivity contribution in [2.45, 2.75) is 12.5 Å². The van der Waals surface area contributed by atoms with Crippen molar-refractivity contribution in [2.75, 3.05) is 13.1 Å². The Bertz CT molecular complexity index is 515. The molecule has 0 spiro atoms. The highest BCUT2D eigenvalue weighted by molar-refractivity contribution is 5.85. The van der Waals surface area contributed by atoms with Gasteiger partial charge in [0.25, 0.3) is 0 Å². The standard InChI is InChI=1S/C16H17NO.ClH/c1-2-7-14(8-3-1)18-16-12-17-11-10-13-6-4-5-9-15(13)16;/h1-9,16-17H,10-12H2;1H. The molecule has 1 unspecified atom stereocenters. The van der Waals surface area contributed by atoms with Crippen LogP contribution in [-0.4, -0.2) is 13.1 Å². The molecule has 1 atom stereocenters. The fraction of sp³-hybridized carbons (Fsp3) is 0.250. The second kappa shape index (κ2) is 6.60. The summed E-state index contributed by atoms with van der Waals surface area (Å²) < 4.78 is 6.10. The molecule has 19 heavy (non-hydrogen) atoms. The molecule has 2 aromatic rings. The molecular weight excluding hydrogens is 258 g/mol. The molecule has 0 aliphatic carbocycles. The largest absolute Gasteiger partial charge is 0.484 e. The van der Waals surface area contributed by atoms with E-state index in [0.717, 1.165) is 25.3 Å². The lowest BCUT2D eigenvalue weighted by Crippen LogP contribution is -2.23. The Morgan fingerprint density at radius 3 is 2.53 bits per heavy atom. The summed E-state index contributed by atoms with van der Waals surface area (Å²) >= 11 is 0. The van der Waals surface area contributed by atoms with Crippen molar-refractivity contribution in [3.63, 3.8) is 0 Å². The van der Waals surface area contributed by atoms with Crippen LogP contribution >= 0.6 is 12.4 Å². The average molecular weight is 276 g/mol. The molecule has 0 saturated carbocycles. The summed E-state index contributed by atoms with van der Waals surface area (Å²) in [5.74, 6) is 0.931. The van der Waals surface area contributed by atoms with Crippen LogP contribution in [0.5, 0.6) is 5.75 Å². The van der Waals surface area contributed by atoms with E-state index in [4.69, 9.17) is 4.74 Å². The third kappa shape index (κ3) is 3.28. The molecule has 3 rings (SSSR count). The van der Waals surface area contributed by atoms with E-state index in [0.29, 0.717) is 0 Å². The summed E-state index contributed by atoms with van der Waals surface area (Å²) in [4.78, 5) is 0. The third-order valence-corrected chi connectivity index (χ3v) is 3.32.